The van der Waals surface area contributed by atoms with E-state index in [1.54, 1.807) is 26.1 Å². The van der Waals surface area contributed by atoms with E-state index in [4.69, 9.17) is 5.84 Å². The fraction of sp³-hybridized carbons (Fsp3) is 0.400. The largest absolute Gasteiger partial charge is 0.392 e. The monoisotopic (exact) mass is 224 g/mol. The Labute approximate surface area is 94.1 Å². The lowest BCUT2D eigenvalue weighted by Gasteiger charge is -2.18. The van der Waals surface area contributed by atoms with Crippen LogP contribution >= 0.6 is 0 Å². The highest BCUT2D eigenvalue weighted by Gasteiger charge is 2.13. The Kier molecular flexibility index (Phi) is 4.21. The molecule has 16 heavy (non-hydrogen) atoms. The van der Waals surface area contributed by atoms with Crippen molar-refractivity contribution in [3.8, 4) is 0 Å². The molecule has 1 rings (SSSR count). The summed E-state index contributed by atoms with van der Waals surface area (Å²) >= 11 is 0. The summed E-state index contributed by atoms with van der Waals surface area (Å²) in [4.78, 5) is 17.2. The number of hydrogen-bond donors (Lipinski definition) is 3. The van der Waals surface area contributed by atoms with E-state index >= 15 is 0 Å². The van der Waals surface area contributed by atoms with Gasteiger partial charge in [-0.3, -0.25) is 4.79 Å². The molecule has 1 aromatic rings. The van der Waals surface area contributed by atoms with E-state index in [1.165, 1.54) is 11.1 Å². The molecule has 0 saturated carbocycles. The topological polar surface area (TPSA) is 91.5 Å². The van der Waals surface area contributed by atoms with Crippen LogP contribution in [0.25, 0.3) is 0 Å². The third-order valence-corrected chi connectivity index (χ3v) is 2.04. The highest BCUT2D eigenvalue weighted by atomic mass is 16.3. The lowest BCUT2D eigenvalue weighted by atomic mass is 10.2. The number of anilines is 1. The molecule has 1 atom stereocenters. The fourth-order valence-electron chi connectivity index (χ4n) is 1.34. The van der Waals surface area contributed by atoms with Crippen molar-refractivity contribution in [3.63, 3.8) is 0 Å². The van der Waals surface area contributed by atoms with Gasteiger partial charge in [0, 0.05) is 25.4 Å². The second kappa shape index (κ2) is 5.43. The molecule has 0 aliphatic carbocycles. The molecule has 0 radical (unpaired) electrons. The zero-order valence-corrected chi connectivity index (χ0v) is 9.34. The van der Waals surface area contributed by atoms with Crippen molar-refractivity contribution in [2.24, 2.45) is 5.84 Å². The van der Waals surface area contributed by atoms with Gasteiger partial charge in [-0.15, -0.1) is 0 Å². The summed E-state index contributed by atoms with van der Waals surface area (Å²) in [7, 11) is 1.63. The molecule has 1 heterocycles. The van der Waals surface area contributed by atoms with Gasteiger partial charge in [0.05, 0.1) is 6.10 Å². The van der Waals surface area contributed by atoms with E-state index in [1.807, 2.05) is 0 Å². The number of nitrogens with zero attached hydrogens (tertiary/aromatic N) is 2. The first-order valence-corrected chi connectivity index (χ1v) is 4.90. The zero-order chi connectivity index (χ0) is 12.1. The van der Waals surface area contributed by atoms with E-state index in [9.17, 15) is 9.90 Å². The van der Waals surface area contributed by atoms with Gasteiger partial charge in [0.25, 0.3) is 5.91 Å². The molecule has 6 nitrogen and oxygen atoms in total. The first-order valence-electron chi connectivity index (χ1n) is 4.90. The van der Waals surface area contributed by atoms with Crippen molar-refractivity contribution in [2.45, 2.75) is 13.0 Å². The number of aliphatic hydroxyl groups excluding tert-OH is 1. The Morgan fingerprint density at radius 1 is 1.75 bits per heavy atom. The van der Waals surface area contributed by atoms with Crippen LogP contribution in [0.3, 0.4) is 0 Å². The SMILES string of the molecule is CC(O)CN(C)C(=O)c1ccnc(NN)c1. The van der Waals surface area contributed by atoms with Gasteiger partial charge in [0.1, 0.15) is 5.82 Å². The molecule has 4 N–H and O–H groups in total. The zero-order valence-electron chi connectivity index (χ0n) is 9.34. The predicted octanol–water partition coefficient (Wildman–Crippen LogP) is -0.180. The number of nitrogen functional groups attached to an aromatic ring is 1. The molecule has 0 fully saturated rings. The minimum atomic E-state index is -0.553. The summed E-state index contributed by atoms with van der Waals surface area (Å²) in [6, 6.07) is 3.16. The molecular weight excluding hydrogens is 208 g/mol. The fourth-order valence-corrected chi connectivity index (χ4v) is 1.34. The van der Waals surface area contributed by atoms with Crippen molar-refractivity contribution in [1.82, 2.24) is 9.88 Å². The quantitative estimate of drug-likeness (QED) is 0.487. The van der Waals surface area contributed by atoms with Crippen molar-refractivity contribution < 1.29 is 9.90 Å². The van der Waals surface area contributed by atoms with Crippen molar-refractivity contribution in [1.29, 1.82) is 0 Å². The van der Waals surface area contributed by atoms with Gasteiger partial charge in [-0.2, -0.15) is 0 Å². The molecule has 0 bridgehead atoms. The van der Waals surface area contributed by atoms with Crippen LogP contribution in [-0.2, 0) is 0 Å². The van der Waals surface area contributed by atoms with Gasteiger partial charge in [0.2, 0.25) is 0 Å². The van der Waals surface area contributed by atoms with Crippen LogP contribution in [0, 0.1) is 0 Å². The maximum absolute atomic E-state index is 11.9. The average molecular weight is 224 g/mol. The number of likely N-dealkylation sites (N-methyl/N-ethyl adjacent to an activating group) is 1. The van der Waals surface area contributed by atoms with Gasteiger partial charge >= 0.3 is 0 Å². The van der Waals surface area contributed by atoms with E-state index in [2.05, 4.69) is 10.4 Å². The number of rotatable bonds is 4. The maximum Gasteiger partial charge on any atom is 0.253 e. The predicted molar refractivity (Wildman–Crippen MR) is 60.7 cm³/mol. The first kappa shape index (κ1) is 12.4. The number of carbonyl (C=O) groups excluding carboxylic acids is 1. The second-order valence-corrected chi connectivity index (χ2v) is 3.61. The van der Waals surface area contributed by atoms with Crippen molar-refractivity contribution >= 4 is 11.7 Å². The number of nitrogens with one attached hydrogen (secondary N) is 1. The smallest absolute Gasteiger partial charge is 0.253 e. The van der Waals surface area contributed by atoms with E-state index in [0.717, 1.165) is 0 Å². The first-order chi connectivity index (χ1) is 7.54. The van der Waals surface area contributed by atoms with E-state index < -0.39 is 6.10 Å². The molecule has 0 aliphatic heterocycles. The Balaban J connectivity index is 2.79. The molecule has 0 aromatic carbocycles. The normalized spacial score (nSPS) is 12.0. The average Bonchev–Trinajstić information content (AvgIpc) is 2.27. The minimum Gasteiger partial charge on any atom is -0.392 e. The van der Waals surface area contributed by atoms with Crippen LogP contribution < -0.4 is 11.3 Å². The molecule has 6 heteroatoms. The molecule has 1 unspecified atom stereocenters. The lowest BCUT2D eigenvalue weighted by Crippen LogP contribution is -2.33. The molecule has 0 spiro atoms. The van der Waals surface area contributed by atoms with Crippen LogP contribution in [0.2, 0.25) is 0 Å². The number of amides is 1. The van der Waals surface area contributed by atoms with Gasteiger partial charge in [-0.25, -0.2) is 10.8 Å². The number of hydrogen-bond acceptors (Lipinski definition) is 5. The van der Waals surface area contributed by atoms with E-state index in [-0.39, 0.29) is 12.5 Å². The summed E-state index contributed by atoms with van der Waals surface area (Å²) in [6.07, 6.45) is 0.946. The summed E-state index contributed by atoms with van der Waals surface area (Å²) in [5, 5.41) is 9.18. The number of nitrogens with two attached hydrogens (primary N) is 1. The number of pyridine rings is 1. The van der Waals surface area contributed by atoms with Crippen LogP contribution in [0.1, 0.15) is 17.3 Å². The van der Waals surface area contributed by atoms with Crippen LogP contribution in [-0.4, -0.2) is 40.6 Å². The van der Waals surface area contributed by atoms with Crippen LogP contribution in [0.4, 0.5) is 5.82 Å². The molecular formula is C10H16N4O2. The summed E-state index contributed by atoms with van der Waals surface area (Å²) in [5.74, 6) is 5.44. The standard InChI is InChI=1S/C10H16N4O2/c1-7(15)6-14(2)10(16)8-3-4-12-9(5-8)13-11/h3-5,7,15H,6,11H2,1-2H3,(H,12,13). The van der Waals surface area contributed by atoms with Gasteiger partial charge in [-0.1, -0.05) is 0 Å². The van der Waals surface area contributed by atoms with Crippen molar-refractivity contribution in [3.05, 3.63) is 23.9 Å². The number of carbonyl (C=O) groups is 1. The number of aromatic nitrogens is 1. The summed E-state index contributed by atoms with van der Waals surface area (Å²) in [6.45, 7) is 1.91. The Hall–Kier alpha value is -1.66. The molecule has 0 aliphatic rings. The number of hydrazine groups is 1. The number of aliphatic hydroxyl groups is 1. The maximum atomic E-state index is 11.9. The Bertz CT molecular complexity index is 368. The van der Waals surface area contributed by atoms with Crippen LogP contribution in [0.15, 0.2) is 18.3 Å². The molecule has 1 aromatic heterocycles. The van der Waals surface area contributed by atoms with Crippen LogP contribution in [0.5, 0.6) is 0 Å². The lowest BCUT2D eigenvalue weighted by molar-refractivity contribution is 0.0703. The highest BCUT2D eigenvalue weighted by Crippen LogP contribution is 2.08. The van der Waals surface area contributed by atoms with Crippen molar-refractivity contribution in [2.75, 3.05) is 19.0 Å². The Morgan fingerprint density at radius 2 is 2.44 bits per heavy atom. The van der Waals surface area contributed by atoms with Gasteiger partial charge in [-0.05, 0) is 19.1 Å². The third kappa shape index (κ3) is 3.18. The highest BCUT2D eigenvalue weighted by molar-refractivity contribution is 5.94. The summed E-state index contributed by atoms with van der Waals surface area (Å²) < 4.78 is 0. The molecule has 88 valence electrons. The summed E-state index contributed by atoms with van der Waals surface area (Å²) in [5.41, 5.74) is 2.85. The minimum absolute atomic E-state index is 0.181. The van der Waals surface area contributed by atoms with Gasteiger partial charge < -0.3 is 15.4 Å². The third-order valence-electron chi connectivity index (χ3n) is 2.04. The molecule has 0 saturated heterocycles. The Morgan fingerprint density at radius 3 is 3.00 bits per heavy atom. The van der Waals surface area contributed by atoms with E-state index in [0.29, 0.717) is 11.4 Å². The second-order valence-electron chi connectivity index (χ2n) is 3.61. The molecule has 1 amide bonds. The van der Waals surface area contributed by atoms with Gasteiger partial charge in [0.15, 0.2) is 0 Å².